The lowest BCUT2D eigenvalue weighted by Gasteiger charge is -2.13. The van der Waals surface area contributed by atoms with Crippen molar-refractivity contribution in [2.45, 2.75) is 19.1 Å². The number of methoxy groups -OCH3 is 1. The predicted molar refractivity (Wildman–Crippen MR) is 57.1 cm³/mol. The molecule has 0 spiro atoms. The van der Waals surface area contributed by atoms with Crippen LogP contribution in [0.2, 0.25) is 0 Å². The van der Waals surface area contributed by atoms with Gasteiger partial charge >= 0.3 is 0 Å². The topological polar surface area (TPSA) is 31.0 Å². The lowest BCUT2D eigenvalue weighted by atomic mass is 10.1. The molecule has 0 unspecified atom stereocenters. The standard InChI is InChI=1S/C12H16O3/c1-9(14-7-12-8-15-12)10-4-3-5-11(6-10)13-2/h3-6,9,12H,7-8H2,1-2H3/t9-,12-/m1/s1. The van der Waals surface area contributed by atoms with E-state index in [1.165, 1.54) is 0 Å². The van der Waals surface area contributed by atoms with E-state index >= 15 is 0 Å². The van der Waals surface area contributed by atoms with Gasteiger partial charge in [-0.1, -0.05) is 12.1 Å². The maximum absolute atomic E-state index is 5.67. The average Bonchev–Trinajstić information content (AvgIpc) is 3.10. The zero-order valence-electron chi connectivity index (χ0n) is 9.10. The summed E-state index contributed by atoms with van der Waals surface area (Å²) in [6, 6.07) is 7.95. The number of benzene rings is 1. The van der Waals surface area contributed by atoms with Crippen LogP contribution < -0.4 is 4.74 Å². The average molecular weight is 208 g/mol. The van der Waals surface area contributed by atoms with Crippen molar-refractivity contribution in [2.75, 3.05) is 20.3 Å². The van der Waals surface area contributed by atoms with Gasteiger partial charge in [-0.3, -0.25) is 0 Å². The molecular formula is C12H16O3. The number of hydrogen-bond donors (Lipinski definition) is 0. The van der Waals surface area contributed by atoms with Crippen molar-refractivity contribution in [1.29, 1.82) is 0 Å². The summed E-state index contributed by atoms with van der Waals surface area (Å²) in [6.07, 6.45) is 0.405. The Bertz CT molecular complexity index is 320. The third-order valence-corrected chi connectivity index (χ3v) is 2.50. The van der Waals surface area contributed by atoms with Gasteiger partial charge in [-0.2, -0.15) is 0 Å². The molecule has 0 saturated carbocycles. The van der Waals surface area contributed by atoms with Crippen LogP contribution >= 0.6 is 0 Å². The van der Waals surface area contributed by atoms with Crippen LogP contribution in [0.3, 0.4) is 0 Å². The summed E-state index contributed by atoms with van der Waals surface area (Å²) in [5, 5.41) is 0. The fourth-order valence-corrected chi connectivity index (χ4v) is 1.41. The summed E-state index contributed by atoms with van der Waals surface area (Å²) in [6.45, 7) is 3.56. The molecule has 0 amide bonds. The largest absolute Gasteiger partial charge is 0.497 e. The molecule has 2 atom stereocenters. The molecule has 82 valence electrons. The Morgan fingerprint density at radius 2 is 2.33 bits per heavy atom. The van der Waals surface area contributed by atoms with Gasteiger partial charge in [0.1, 0.15) is 11.9 Å². The van der Waals surface area contributed by atoms with E-state index in [9.17, 15) is 0 Å². The molecule has 3 heteroatoms. The molecule has 1 fully saturated rings. The molecule has 1 aromatic carbocycles. The molecule has 0 bridgehead atoms. The molecule has 1 aliphatic rings. The number of hydrogen-bond acceptors (Lipinski definition) is 3. The van der Waals surface area contributed by atoms with Crippen molar-refractivity contribution in [3.63, 3.8) is 0 Å². The molecule has 2 rings (SSSR count). The quantitative estimate of drug-likeness (QED) is 0.695. The summed E-state index contributed by atoms with van der Waals surface area (Å²) in [4.78, 5) is 0. The Morgan fingerprint density at radius 1 is 1.53 bits per heavy atom. The highest BCUT2D eigenvalue weighted by atomic mass is 16.6. The molecule has 1 aliphatic heterocycles. The van der Waals surface area contributed by atoms with Crippen molar-refractivity contribution in [2.24, 2.45) is 0 Å². The van der Waals surface area contributed by atoms with Crippen molar-refractivity contribution in [3.8, 4) is 5.75 Å². The molecule has 0 aliphatic carbocycles. The Kier molecular flexibility index (Phi) is 3.23. The smallest absolute Gasteiger partial charge is 0.119 e. The minimum absolute atomic E-state index is 0.0873. The second-order valence-electron chi connectivity index (χ2n) is 3.71. The van der Waals surface area contributed by atoms with Crippen LogP contribution in [0.4, 0.5) is 0 Å². The van der Waals surface area contributed by atoms with Crippen molar-refractivity contribution in [1.82, 2.24) is 0 Å². The second-order valence-corrected chi connectivity index (χ2v) is 3.71. The summed E-state index contributed by atoms with van der Waals surface area (Å²) in [7, 11) is 1.67. The van der Waals surface area contributed by atoms with E-state index < -0.39 is 0 Å². The first-order valence-electron chi connectivity index (χ1n) is 5.17. The zero-order chi connectivity index (χ0) is 10.7. The van der Waals surface area contributed by atoms with Gasteiger partial charge in [0.25, 0.3) is 0 Å². The maximum atomic E-state index is 5.67. The molecule has 0 radical (unpaired) electrons. The van der Waals surface area contributed by atoms with Gasteiger partial charge in [0, 0.05) is 0 Å². The van der Waals surface area contributed by atoms with Gasteiger partial charge < -0.3 is 14.2 Å². The van der Waals surface area contributed by atoms with E-state index in [-0.39, 0.29) is 6.10 Å². The first kappa shape index (κ1) is 10.5. The van der Waals surface area contributed by atoms with Gasteiger partial charge in [-0.15, -0.1) is 0 Å². The highest BCUT2D eigenvalue weighted by molar-refractivity contribution is 5.29. The van der Waals surface area contributed by atoms with E-state index in [4.69, 9.17) is 14.2 Å². The van der Waals surface area contributed by atoms with E-state index in [0.717, 1.165) is 17.9 Å². The van der Waals surface area contributed by atoms with Crippen LogP contribution in [0.25, 0.3) is 0 Å². The number of rotatable bonds is 5. The van der Waals surface area contributed by atoms with Gasteiger partial charge in [0.2, 0.25) is 0 Å². The van der Waals surface area contributed by atoms with Crippen LogP contribution in [0.15, 0.2) is 24.3 Å². The third kappa shape index (κ3) is 2.94. The van der Waals surface area contributed by atoms with E-state index in [2.05, 4.69) is 0 Å². The second kappa shape index (κ2) is 4.64. The lowest BCUT2D eigenvalue weighted by Crippen LogP contribution is -2.06. The minimum Gasteiger partial charge on any atom is -0.497 e. The van der Waals surface area contributed by atoms with Crippen LogP contribution in [0.1, 0.15) is 18.6 Å². The highest BCUT2D eigenvalue weighted by Crippen LogP contribution is 2.22. The summed E-state index contributed by atoms with van der Waals surface area (Å²) < 4.78 is 15.9. The maximum Gasteiger partial charge on any atom is 0.119 e. The van der Waals surface area contributed by atoms with Crippen LogP contribution in [0, 0.1) is 0 Å². The molecule has 3 nitrogen and oxygen atoms in total. The Labute approximate surface area is 90.0 Å². The SMILES string of the molecule is COc1cccc([C@@H](C)OC[C@@H]2CO2)c1. The predicted octanol–water partition coefficient (Wildman–Crippen LogP) is 2.17. The van der Waals surface area contributed by atoms with E-state index in [1.807, 2.05) is 31.2 Å². The Balaban J connectivity index is 1.93. The fourth-order valence-electron chi connectivity index (χ4n) is 1.41. The molecule has 1 heterocycles. The van der Waals surface area contributed by atoms with Crippen LogP contribution in [-0.4, -0.2) is 26.4 Å². The van der Waals surface area contributed by atoms with E-state index in [0.29, 0.717) is 12.7 Å². The first-order valence-corrected chi connectivity index (χ1v) is 5.17. The van der Waals surface area contributed by atoms with Gasteiger partial charge in [0.05, 0.1) is 26.4 Å². The highest BCUT2D eigenvalue weighted by Gasteiger charge is 2.23. The summed E-state index contributed by atoms with van der Waals surface area (Å²) >= 11 is 0. The van der Waals surface area contributed by atoms with Crippen molar-refractivity contribution < 1.29 is 14.2 Å². The minimum atomic E-state index is 0.0873. The molecule has 0 N–H and O–H groups in total. The Morgan fingerprint density at radius 3 is 3.00 bits per heavy atom. The van der Waals surface area contributed by atoms with Crippen LogP contribution in [0.5, 0.6) is 5.75 Å². The lowest BCUT2D eigenvalue weighted by molar-refractivity contribution is 0.0538. The van der Waals surface area contributed by atoms with Gasteiger partial charge in [-0.25, -0.2) is 0 Å². The summed E-state index contributed by atoms with van der Waals surface area (Å²) in [5.74, 6) is 0.866. The fraction of sp³-hybridized carbons (Fsp3) is 0.500. The molecule has 1 aromatic rings. The van der Waals surface area contributed by atoms with Gasteiger partial charge in [0.15, 0.2) is 0 Å². The number of epoxide rings is 1. The zero-order valence-corrected chi connectivity index (χ0v) is 9.10. The third-order valence-electron chi connectivity index (χ3n) is 2.50. The van der Waals surface area contributed by atoms with Gasteiger partial charge in [-0.05, 0) is 24.6 Å². The monoisotopic (exact) mass is 208 g/mol. The normalized spacial score (nSPS) is 21.1. The van der Waals surface area contributed by atoms with Crippen molar-refractivity contribution in [3.05, 3.63) is 29.8 Å². The van der Waals surface area contributed by atoms with Crippen molar-refractivity contribution >= 4 is 0 Å². The summed E-state index contributed by atoms with van der Waals surface area (Å²) in [5.41, 5.74) is 1.13. The molecule has 15 heavy (non-hydrogen) atoms. The first-order chi connectivity index (χ1) is 7.29. The number of ether oxygens (including phenoxy) is 3. The van der Waals surface area contributed by atoms with Crippen LogP contribution in [-0.2, 0) is 9.47 Å². The molecule has 1 saturated heterocycles. The molecule has 0 aromatic heterocycles. The Hall–Kier alpha value is -1.06. The van der Waals surface area contributed by atoms with E-state index in [1.54, 1.807) is 7.11 Å². The molecular weight excluding hydrogens is 192 g/mol.